The molecular formula is C19H15FN4O2S. The molecule has 4 aromatic rings. The first kappa shape index (κ1) is 17.3. The molecule has 2 heterocycles. The second-order valence-electron chi connectivity index (χ2n) is 5.86. The van der Waals surface area contributed by atoms with Gasteiger partial charge in [-0.25, -0.2) is 4.39 Å². The van der Waals surface area contributed by atoms with Crippen LogP contribution in [0, 0.1) is 5.82 Å². The molecule has 0 saturated carbocycles. The maximum Gasteiger partial charge on any atom is 0.277 e. The summed E-state index contributed by atoms with van der Waals surface area (Å²) in [4.78, 5) is 12.0. The van der Waals surface area contributed by atoms with E-state index >= 15 is 0 Å². The number of para-hydroxylation sites is 1. The standard InChI is InChI=1S/C19H15FN4O2S/c1-24-15-5-3-2-4-12(15)10-16(24)18-22-23-19(26-18)27-11-17(25)21-14-8-6-13(20)7-9-14/h2-10H,11H2,1H3,(H,21,25). The highest BCUT2D eigenvalue weighted by Crippen LogP contribution is 2.28. The molecule has 0 aliphatic carbocycles. The molecule has 0 spiro atoms. The van der Waals surface area contributed by atoms with Crippen molar-refractivity contribution in [2.24, 2.45) is 7.05 Å². The number of aromatic nitrogens is 3. The average Bonchev–Trinajstić information content (AvgIpc) is 3.27. The second kappa shape index (κ2) is 7.24. The van der Waals surface area contributed by atoms with Crippen LogP contribution in [0.4, 0.5) is 10.1 Å². The monoisotopic (exact) mass is 382 g/mol. The molecule has 0 aliphatic rings. The predicted octanol–water partition coefficient (Wildman–Crippen LogP) is 4.10. The van der Waals surface area contributed by atoms with Gasteiger partial charge in [-0.3, -0.25) is 4.79 Å². The molecule has 1 amide bonds. The maximum atomic E-state index is 12.9. The number of rotatable bonds is 5. The summed E-state index contributed by atoms with van der Waals surface area (Å²) in [5.74, 6) is -0.0890. The van der Waals surface area contributed by atoms with E-state index in [-0.39, 0.29) is 17.5 Å². The van der Waals surface area contributed by atoms with E-state index < -0.39 is 0 Å². The molecule has 0 aliphatic heterocycles. The van der Waals surface area contributed by atoms with Gasteiger partial charge in [0, 0.05) is 23.6 Å². The molecule has 0 bridgehead atoms. The minimum atomic E-state index is -0.353. The van der Waals surface area contributed by atoms with Gasteiger partial charge in [0.1, 0.15) is 11.5 Å². The first-order valence-corrected chi connectivity index (χ1v) is 9.15. The van der Waals surface area contributed by atoms with Crippen molar-refractivity contribution in [1.82, 2.24) is 14.8 Å². The number of aryl methyl sites for hydroxylation is 1. The van der Waals surface area contributed by atoms with E-state index in [0.29, 0.717) is 16.8 Å². The number of nitrogens with zero attached hydrogens (tertiary/aromatic N) is 3. The number of amides is 1. The largest absolute Gasteiger partial charge is 0.410 e. The van der Waals surface area contributed by atoms with Gasteiger partial charge in [0.2, 0.25) is 5.91 Å². The topological polar surface area (TPSA) is 73.0 Å². The number of hydrogen-bond donors (Lipinski definition) is 1. The molecule has 0 unspecified atom stereocenters. The summed E-state index contributed by atoms with van der Waals surface area (Å²) >= 11 is 1.14. The van der Waals surface area contributed by atoms with Crippen molar-refractivity contribution in [2.45, 2.75) is 5.22 Å². The van der Waals surface area contributed by atoms with Gasteiger partial charge in [-0.2, -0.15) is 0 Å². The number of carbonyl (C=O) groups is 1. The lowest BCUT2D eigenvalue weighted by Gasteiger charge is -2.03. The smallest absolute Gasteiger partial charge is 0.277 e. The van der Waals surface area contributed by atoms with Gasteiger partial charge in [-0.1, -0.05) is 30.0 Å². The summed E-state index contributed by atoms with van der Waals surface area (Å²) in [5.41, 5.74) is 2.41. The summed E-state index contributed by atoms with van der Waals surface area (Å²) in [6.07, 6.45) is 0. The number of halogens is 1. The number of benzene rings is 2. The van der Waals surface area contributed by atoms with E-state index in [9.17, 15) is 9.18 Å². The van der Waals surface area contributed by atoms with E-state index in [4.69, 9.17) is 4.42 Å². The minimum Gasteiger partial charge on any atom is -0.410 e. The SMILES string of the molecule is Cn1c(-c2nnc(SCC(=O)Nc3ccc(F)cc3)o2)cc2ccccc21. The minimum absolute atomic E-state index is 0.105. The number of nitrogens with one attached hydrogen (secondary N) is 1. The van der Waals surface area contributed by atoms with Gasteiger partial charge < -0.3 is 14.3 Å². The predicted molar refractivity (Wildman–Crippen MR) is 102 cm³/mol. The van der Waals surface area contributed by atoms with Crippen LogP contribution in [0.2, 0.25) is 0 Å². The van der Waals surface area contributed by atoms with E-state index in [1.807, 2.05) is 41.9 Å². The van der Waals surface area contributed by atoms with Crippen LogP contribution in [-0.4, -0.2) is 26.4 Å². The van der Waals surface area contributed by atoms with Crippen LogP contribution in [0.3, 0.4) is 0 Å². The van der Waals surface area contributed by atoms with Crippen molar-refractivity contribution < 1.29 is 13.6 Å². The van der Waals surface area contributed by atoms with Gasteiger partial charge in [0.15, 0.2) is 0 Å². The first-order chi connectivity index (χ1) is 13.1. The van der Waals surface area contributed by atoms with Gasteiger partial charge in [-0.05, 0) is 36.4 Å². The highest BCUT2D eigenvalue weighted by atomic mass is 32.2. The summed E-state index contributed by atoms with van der Waals surface area (Å²) in [6, 6.07) is 15.6. The van der Waals surface area contributed by atoms with Gasteiger partial charge in [-0.15, -0.1) is 10.2 Å². The molecule has 6 nitrogen and oxygen atoms in total. The van der Waals surface area contributed by atoms with Crippen LogP contribution in [0.15, 0.2) is 64.2 Å². The van der Waals surface area contributed by atoms with E-state index in [1.165, 1.54) is 24.3 Å². The molecule has 8 heteroatoms. The Morgan fingerprint density at radius 1 is 1.19 bits per heavy atom. The Morgan fingerprint density at radius 3 is 2.74 bits per heavy atom. The van der Waals surface area contributed by atoms with E-state index in [0.717, 1.165) is 28.4 Å². The number of carbonyl (C=O) groups excluding carboxylic acids is 1. The van der Waals surface area contributed by atoms with Crippen LogP contribution in [0.5, 0.6) is 0 Å². The lowest BCUT2D eigenvalue weighted by molar-refractivity contribution is -0.113. The lowest BCUT2D eigenvalue weighted by Crippen LogP contribution is -2.13. The molecular weight excluding hydrogens is 367 g/mol. The first-order valence-electron chi connectivity index (χ1n) is 8.17. The molecule has 0 fully saturated rings. The third-order valence-corrected chi connectivity index (χ3v) is 4.85. The number of thioether (sulfide) groups is 1. The molecule has 27 heavy (non-hydrogen) atoms. The fraction of sp³-hybridized carbons (Fsp3) is 0.105. The molecule has 0 saturated heterocycles. The van der Waals surface area contributed by atoms with Crippen LogP contribution >= 0.6 is 11.8 Å². The Morgan fingerprint density at radius 2 is 1.96 bits per heavy atom. The van der Waals surface area contributed by atoms with Crippen LogP contribution in [0.25, 0.3) is 22.5 Å². The van der Waals surface area contributed by atoms with Crippen molar-refractivity contribution in [3.05, 3.63) is 60.4 Å². The highest BCUT2D eigenvalue weighted by molar-refractivity contribution is 7.99. The molecule has 2 aromatic carbocycles. The Labute approximate surface area is 158 Å². The van der Waals surface area contributed by atoms with Crippen molar-refractivity contribution >= 4 is 34.3 Å². The Hall–Kier alpha value is -3.13. The van der Waals surface area contributed by atoms with E-state index in [2.05, 4.69) is 15.5 Å². The van der Waals surface area contributed by atoms with Gasteiger partial charge >= 0.3 is 0 Å². The molecule has 4 rings (SSSR count). The van der Waals surface area contributed by atoms with Crippen molar-refractivity contribution in [2.75, 3.05) is 11.1 Å². The third kappa shape index (κ3) is 3.70. The number of anilines is 1. The number of hydrogen-bond acceptors (Lipinski definition) is 5. The summed E-state index contributed by atoms with van der Waals surface area (Å²) in [5, 5.41) is 12.2. The Kier molecular flexibility index (Phi) is 4.64. The summed E-state index contributed by atoms with van der Waals surface area (Å²) < 4.78 is 20.6. The van der Waals surface area contributed by atoms with Crippen molar-refractivity contribution in [3.63, 3.8) is 0 Å². The summed E-state index contributed by atoms with van der Waals surface area (Å²) in [7, 11) is 1.94. The fourth-order valence-electron chi connectivity index (χ4n) is 2.72. The second-order valence-corrected chi connectivity index (χ2v) is 6.79. The number of fused-ring (bicyclic) bond motifs is 1. The maximum absolute atomic E-state index is 12.9. The zero-order valence-corrected chi connectivity index (χ0v) is 15.2. The molecule has 0 radical (unpaired) electrons. The zero-order valence-electron chi connectivity index (χ0n) is 14.3. The average molecular weight is 382 g/mol. The molecule has 136 valence electrons. The molecule has 0 atom stereocenters. The Balaban J connectivity index is 1.42. The van der Waals surface area contributed by atoms with E-state index in [1.54, 1.807) is 0 Å². The zero-order chi connectivity index (χ0) is 18.8. The third-order valence-electron chi connectivity index (χ3n) is 4.03. The van der Waals surface area contributed by atoms with Crippen LogP contribution < -0.4 is 5.32 Å². The highest BCUT2D eigenvalue weighted by Gasteiger charge is 2.15. The van der Waals surface area contributed by atoms with Crippen molar-refractivity contribution in [1.29, 1.82) is 0 Å². The Bertz CT molecular complexity index is 1100. The van der Waals surface area contributed by atoms with Gasteiger partial charge in [0.25, 0.3) is 11.1 Å². The fourth-order valence-corrected chi connectivity index (χ4v) is 3.29. The summed E-state index contributed by atoms with van der Waals surface area (Å²) in [6.45, 7) is 0. The van der Waals surface area contributed by atoms with Crippen LogP contribution in [-0.2, 0) is 11.8 Å². The normalized spacial score (nSPS) is 11.0. The van der Waals surface area contributed by atoms with Crippen molar-refractivity contribution in [3.8, 4) is 11.6 Å². The van der Waals surface area contributed by atoms with Crippen LogP contribution in [0.1, 0.15) is 0 Å². The quantitative estimate of drug-likeness (QED) is 0.526. The molecule has 2 aromatic heterocycles. The lowest BCUT2D eigenvalue weighted by atomic mass is 10.2. The molecule has 1 N–H and O–H groups in total. The van der Waals surface area contributed by atoms with Gasteiger partial charge in [0.05, 0.1) is 5.75 Å².